The van der Waals surface area contributed by atoms with Crippen LogP contribution in [0.4, 0.5) is 14.5 Å². The third-order valence-corrected chi connectivity index (χ3v) is 4.55. The van der Waals surface area contributed by atoms with Crippen LogP contribution in [0.25, 0.3) is 0 Å². The number of nitrogens with one attached hydrogen (secondary N) is 2. The Morgan fingerprint density at radius 1 is 1.18 bits per heavy atom. The topological polar surface area (TPSA) is 45.8 Å². The summed E-state index contributed by atoms with van der Waals surface area (Å²) in [5, 5.41) is 6.62. The molecule has 0 saturated carbocycles. The van der Waals surface area contributed by atoms with Crippen LogP contribution in [-0.2, 0) is 11.3 Å². The largest absolute Gasteiger partial charge is 0.435 e. The predicted octanol–water partition coefficient (Wildman–Crippen LogP) is 3.48. The minimum Gasteiger partial charge on any atom is -0.435 e. The van der Waals surface area contributed by atoms with Gasteiger partial charge in [0.05, 0.1) is 12.7 Å². The Labute approximate surface area is 168 Å². The molecule has 0 aromatic heterocycles. The molecule has 0 amide bonds. The Morgan fingerprint density at radius 2 is 1.93 bits per heavy atom. The van der Waals surface area contributed by atoms with Gasteiger partial charge in [-0.05, 0) is 42.0 Å². The first-order chi connectivity index (χ1) is 13.6. The number of halogens is 2. The summed E-state index contributed by atoms with van der Waals surface area (Å²) in [5.41, 5.74) is 1.97. The molecule has 2 aromatic carbocycles. The second kappa shape index (κ2) is 10.3. The smallest absolute Gasteiger partial charge is 0.387 e. The van der Waals surface area contributed by atoms with E-state index in [9.17, 15) is 8.78 Å². The fraction of sp³-hybridized carbons (Fsp3) is 0.350. The lowest BCUT2D eigenvalue weighted by Gasteiger charge is -2.33. The van der Waals surface area contributed by atoms with Gasteiger partial charge in [-0.25, -0.2) is 0 Å². The van der Waals surface area contributed by atoms with E-state index < -0.39 is 6.61 Å². The lowest BCUT2D eigenvalue weighted by Crippen LogP contribution is -2.47. The van der Waals surface area contributed by atoms with Gasteiger partial charge in [0.2, 0.25) is 0 Å². The fourth-order valence-electron chi connectivity index (χ4n) is 2.99. The van der Waals surface area contributed by atoms with Crippen LogP contribution in [0.1, 0.15) is 5.56 Å². The first-order valence-corrected chi connectivity index (χ1v) is 9.47. The van der Waals surface area contributed by atoms with E-state index in [4.69, 9.17) is 17.0 Å². The zero-order chi connectivity index (χ0) is 19.8. The van der Waals surface area contributed by atoms with Gasteiger partial charge in [0.25, 0.3) is 0 Å². The van der Waals surface area contributed by atoms with Crippen molar-refractivity contribution in [3.05, 3.63) is 60.2 Å². The lowest BCUT2D eigenvalue weighted by atomic mass is 10.2. The van der Waals surface area contributed by atoms with E-state index >= 15 is 0 Å². The van der Waals surface area contributed by atoms with Crippen molar-refractivity contribution in [1.82, 2.24) is 10.2 Å². The summed E-state index contributed by atoms with van der Waals surface area (Å²) in [5.74, 6) is 0.105. The highest BCUT2D eigenvalue weighted by Crippen LogP contribution is 2.17. The number of nitrogens with zero attached hydrogens (tertiary/aromatic N) is 1. The molecule has 3 rings (SSSR count). The predicted molar refractivity (Wildman–Crippen MR) is 109 cm³/mol. The second-order valence-electron chi connectivity index (χ2n) is 6.45. The Hall–Kier alpha value is -2.29. The van der Waals surface area contributed by atoms with Crippen molar-refractivity contribution in [2.75, 3.05) is 31.6 Å². The maximum atomic E-state index is 12.2. The molecule has 0 aliphatic carbocycles. The van der Waals surface area contributed by atoms with Crippen molar-refractivity contribution < 1.29 is 18.3 Å². The Kier molecular flexibility index (Phi) is 7.53. The summed E-state index contributed by atoms with van der Waals surface area (Å²) < 4.78 is 34.5. The zero-order valence-corrected chi connectivity index (χ0v) is 16.1. The number of hydrogen-bond donors (Lipinski definition) is 2. The molecular formula is C20H23F2N3O2S. The molecule has 1 saturated heterocycles. The Morgan fingerprint density at radius 3 is 2.64 bits per heavy atom. The molecule has 1 heterocycles. The highest BCUT2D eigenvalue weighted by Gasteiger charge is 2.20. The average molecular weight is 407 g/mol. The molecule has 2 aromatic rings. The molecule has 0 bridgehead atoms. The molecule has 0 unspecified atom stereocenters. The summed E-state index contributed by atoms with van der Waals surface area (Å²) in [6.45, 7) is 1.06. The van der Waals surface area contributed by atoms with Gasteiger partial charge in [0, 0.05) is 31.9 Å². The van der Waals surface area contributed by atoms with Gasteiger partial charge < -0.3 is 20.1 Å². The highest BCUT2D eigenvalue weighted by atomic mass is 32.1. The standard InChI is InChI=1S/C20H23F2N3O2S/c21-19(22)27-17-8-6-16(7-9-17)24-20(28)23-12-18-14-25(10-11-26-18)13-15-4-2-1-3-5-15/h1-9,18-19H,10-14H2,(H2,23,24,28)/t18-/m0/s1. The normalized spacial score (nSPS) is 17.3. The summed E-state index contributed by atoms with van der Waals surface area (Å²) in [6.07, 6.45) is 0.0408. The molecule has 1 aliphatic rings. The van der Waals surface area contributed by atoms with Crippen LogP contribution in [-0.4, -0.2) is 49.0 Å². The number of alkyl halides is 2. The van der Waals surface area contributed by atoms with E-state index in [2.05, 4.69) is 32.4 Å². The fourth-order valence-corrected chi connectivity index (χ4v) is 3.19. The van der Waals surface area contributed by atoms with Gasteiger partial charge in [-0.3, -0.25) is 4.90 Å². The minimum atomic E-state index is -2.83. The minimum absolute atomic E-state index is 0.0408. The monoisotopic (exact) mass is 407 g/mol. The zero-order valence-electron chi connectivity index (χ0n) is 15.3. The third-order valence-electron chi connectivity index (χ3n) is 4.30. The van der Waals surface area contributed by atoms with Crippen LogP contribution >= 0.6 is 12.2 Å². The van der Waals surface area contributed by atoms with Crippen LogP contribution in [0.2, 0.25) is 0 Å². The first-order valence-electron chi connectivity index (χ1n) is 9.06. The number of anilines is 1. The number of hydrogen-bond acceptors (Lipinski definition) is 4. The van der Waals surface area contributed by atoms with E-state index in [1.165, 1.54) is 17.7 Å². The second-order valence-corrected chi connectivity index (χ2v) is 6.86. The molecule has 2 N–H and O–H groups in total. The van der Waals surface area contributed by atoms with E-state index in [0.717, 1.165) is 19.6 Å². The number of ether oxygens (including phenoxy) is 2. The van der Waals surface area contributed by atoms with Crippen molar-refractivity contribution in [2.45, 2.75) is 19.3 Å². The van der Waals surface area contributed by atoms with E-state index in [1.54, 1.807) is 12.1 Å². The third kappa shape index (κ3) is 6.70. The molecule has 0 radical (unpaired) electrons. The van der Waals surface area contributed by atoms with Crippen LogP contribution < -0.4 is 15.4 Å². The molecule has 8 heteroatoms. The summed E-state index contributed by atoms with van der Waals surface area (Å²) in [6, 6.07) is 16.5. The van der Waals surface area contributed by atoms with Crippen LogP contribution in [0, 0.1) is 0 Å². The number of morpholine rings is 1. The summed E-state index contributed by atoms with van der Waals surface area (Å²) in [7, 11) is 0. The molecule has 150 valence electrons. The molecule has 28 heavy (non-hydrogen) atoms. The number of rotatable bonds is 7. The Bertz CT molecular complexity index is 747. The molecule has 1 atom stereocenters. The van der Waals surface area contributed by atoms with Crippen LogP contribution in [0.3, 0.4) is 0 Å². The van der Waals surface area contributed by atoms with E-state index in [-0.39, 0.29) is 11.9 Å². The van der Waals surface area contributed by atoms with Crippen LogP contribution in [0.5, 0.6) is 5.75 Å². The molecule has 1 aliphatic heterocycles. The summed E-state index contributed by atoms with van der Waals surface area (Å²) in [4.78, 5) is 2.36. The van der Waals surface area contributed by atoms with Crippen molar-refractivity contribution in [3.8, 4) is 5.75 Å². The number of benzene rings is 2. The number of thiocarbonyl (C=S) groups is 1. The van der Waals surface area contributed by atoms with Gasteiger partial charge in [-0.15, -0.1) is 0 Å². The molecular weight excluding hydrogens is 384 g/mol. The van der Waals surface area contributed by atoms with E-state index in [1.807, 2.05) is 18.2 Å². The first kappa shape index (κ1) is 20.4. The van der Waals surface area contributed by atoms with Crippen molar-refractivity contribution in [1.29, 1.82) is 0 Å². The van der Waals surface area contributed by atoms with Gasteiger partial charge in [0.15, 0.2) is 5.11 Å². The van der Waals surface area contributed by atoms with Gasteiger partial charge in [-0.1, -0.05) is 30.3 Å². The highest BCUT2D eigenvalue weighted by molar-refractivity contribution is 7.80. The van der Waals surface area contributed by atoms with E-state index in [0.29, 0.717) is 24.0 Å². The van der Waals surface area contributed by atoms with Crippen molar-refractivity contribution in [2.24, 2.45) is 0 Å². The molecule has 0 spiro atoms. The van der Waals surface area contributed by atoms with Gasteiger partial charge >= 0.3 is 6.61 Å². The quantitative estimate of drug-likeness (QED) is 0.686. The molecule has 5 nitrogen and oxygen atoms in total. The maximum Gasteiger partial charge on any atom is 0.387 e. The van der Waals surface area contributed by atoms with Gasteiger partial charge in [-0.2, -0.15) is 8.78 Å². The van der Waals surface area contributed by atoms with Crippen LogP contribution in [0.15, 0.2) is 54.6 Å². The molecule has 1 fully saturated rings. The lowest BCUT2D eigenvalue weighted by molar-refractivity contribution is -0.0498. The summed E-state index contributed by atoms with van der Waals surface area (Å²) >= 11 is 5.30. The van der Waals surface area contributed by atoms with Crippen molar-refractivity contribution >= 4 is 23.0 Å². The SMILES string of the molecule is FC(F)Oc1ccc(NC(=S)NC[C@H]2CN(Cc3ccccc3)CCO2)cc1. The average Bonchev–Trinajstić information content (AvgIpc) is 2.69. The van der Waals surface area contributed by atoms with Crippen molar-refractivity contribution in [3.63, 3.8) is 0 Å². The Balaban J connectivity index is 1.41. The van der Waals surface area contributed by atoms with Gasteiger partial charge in [0.1, 0.15) is 5.75 Å². The maximum absolute atomic E-state index is 12.2.